The Morgan fingerprint density at radius 1 is 1.06 bits per heavy atom. The molecule has 328 valence electrons. The first kappa shape index (κ1) is 43.9. The molecule has 7 rings (SSSR count). The number of hydrazine groups is 1. The summed E-state index contributed by atoms with van der Waals surface area (Å²) >= 11 is 0. The van der Waals surface area contributed by atoms with Gasteiger partial charge in [0.2, 0.25) is 5.91 Å². The van der Waals surface area contributed by atoms with Gasteiger partial charge in [-0.05, 0) is 84.7 Å². The number of ether oxygens (including phenoxy) is 1. The topological polar surface area (TPSA) is 189 Å². The Hall–Kier alpha value is -6.13. The maximum atomic E-state index is 14.6. The van der Waals surface area contributed by atoms with Crippen LogP contribution in [0, 0.1) is 11.3 Å². The first-order valence-corrected chi connectivity index (χ1v) is 21.2. The maximum Gasteiger partial charge on any atom is 0.324 e. The fourth-order valence-corrected chi connectivity index (χ4v) is 8.93. The van der Waals surface area contributed by atoms with Crippen molar-refractivity contribution in [2.24, 2.45) is 11.3 Å². The second-order valence-electron chi connectivity index (χ2n) is 17.5. The summed E-state index contributed by atoms with van der Waals surface area (Å²) in [5, 5.41) is 17.6. The number of aryl methyl sites for hydroxylation is 1. The lowest BCUT2D eigenvalue weighted by Crippen LogP contribution is -2.62. The van der Waals surface area contributed by atoms with Gasteiger partial charge in [-0.3, -0.25) is 33.8 Å². The zero-order valence-corrected chi connectivity index (χ0v) is 36.2. The number of hydrogen-bond acceptors (Lipinski definition) is 11. The second kappa shape index (κ2) is 18.1. The van der Waals surface area contributed by atoms with E-state index in [0.29, 0.717) is 36.9 Å². The molecule has 2 fully saturated rings. The van der Waals surface area contributed by atoms with E-state index in [9.17, 15) is 29.1 Å². The molecule has 2 saturated heterocycles. The van der Waals surface area contributed by atoms with Gasteiger partial charge in [0, 0.05) is 67.3 Å². The predicted octanol–water partition coefficient (Wildman–Crippen LogP) is 4.34. The van der Waals surface area contributed by atoms with E-state index in [1.165, 1.54) is 23.3 Å². The lowest BCUT2D eigenvalue weighted by Gasteiger charge is -2.37. The molecular weight excluding hydrogens is 793 g/mol. The summed E-state index contributed by atoms with van der Waals surface area (Å²) in [4.78, 5) is 84.2. The van der Waals surface area contributed by atoms with Crippen LogP contribution in [0.2, 0.25) is 0 Å². The molecule has 16 nitrogen and oxygen atoms in total. The number of nitrogens with one attached hydrogen (secondary N) is 2. The van der Waals surface area contributed by atoms with Crippen molar-refractivity contribution in [3.8, 4) is 28.1 Å². The Kier molecular flexibility index (Phi) is 12.8. The van der Waals surface area contributed by atoms with Crippen molar-refractivity contribution in [1.29, 1.82) is 0 Å². The number of aromatic hydroxyl groups is 1. The quantitative estimate of drug-likeness (QED) is 0.169. The highest BCUT2D eigenvalue weighted by atomic mass is 16.7. The van der Waals surface area contributed by atoms with Crippen LogP contribution in [0.3, 0.4) is 0 Å². The van der Waals surface area contributed by atoms with Crippen LogP contribution >= 0.6 is 0 Å². The number of carbonyl (C=O) groups is 5. The van der Waals surface area contributed by atoms with Gasteiger partial charge in [0.05, 0.1) is 18.8 Å². The molecule has 0 aliphatic carbocycles. The predicted molar refractivity (Wildman–Crippen MR) is 230 cm³/mol. The van der Waals surface area contributed by atoms with E-state index in [2.05, 4.69) is 64.8 Å². The van der Waals surface area contributed by atoms with E-state index in [1.807, 2.05) is 12.1 Å². The molecule has 3 N–H and O–H groups in total. The van der Waals surface area contributed by atoms with Crippen LogP contribution in [0.25, 0.3) is 33.3 Å². The van der Waals surface area contributed by atoms with Gasteiger partial charge < -0.3 is 24.6 Å². The molecule has 4 aromatic rings. The number of aromatic nitrogens is 3. The van der Waals surface area contributed by atoms with Gasteiger partial charge >= 0.3 is 5.97 Å². The van der Waals surface area contributed by atoms with Crippen molar-refractivity contribution in [2.75, 3.05) is 26.7 Å². The van der Waals surface area contributed by atoms with Crippen LogP contribution in [0.5, 0.6) is 5.75 Å². The molecule has 1 unspecified atom stereocenters. The highest BCUT2D eigenvalue weighted by Gasteiger charge is 2.41. The number of nitrogens with zero attached hydrogens (tertiary/aromatic N) is 6. The Bertz CT molecular complexity index is 2380. The van der Waals surface area contributed by atoms with Crippen LogP contribution in [0.1, 0.15) is 65.0 Å². The minimum atomic E-state index is -1.19. The number of likely N-dealkylation sites (N-methyl/N-ethyl adjacent to an activating group) is 1. The molecule has 3 aliphatic heterocycles. The first-order chi connectivity index (χ1) is 29.6. The van der Waals surface area contributed by atoms with E-state index in [4.69, 9.17) is 9.57 Å². The number of hydrogen-bond donors (Lipinski definition) is 3. The van der Waals surface area contributed by atoms with Crippen molar-refractivity contribution in [3.05, 3.63) is 78.9 Å². The lowest BCUT2D eigenvalue weighted by molar-refractivity contribution is -0.183. The smallest absolute Gasteiger partial charge is 0.324 e. The number of esters is 1. The summed E-state index contributed by atoms with van der Waals surface area (Å²) in [7, 11) is 1.50. The molecule has 2 aromatic carbocycles. The van der Waals surface area contributed by atoms with Gasteiger partial charge in [-0.25, -0.2) is 20.5 Å². The van der Waals surface area contributed by atoms with E-state index in [1.54, 1.807) is 38.4 Å². The summed E-state index contributed by atoms with van der Waals surface area (Å²) in [5.74, 6) is -2.96. The Morgan fingerprint density at radius 2 is 1.82 bits per heavy atom. The summed E-state index contributed by atoms with van der Waals surface area (Å²) in [6, 6.07) is 8.25. The monoisotopic (exact) mass is 848 g/mol. The Labute approximate surface area is 361 Å². The molecule has 0 radical (unpaired) electrons. The van der Waals surface area contributed by atoms with Crippen LogP contribution in [0.4, 0.5) is 0 Å². The van der Waals surface area contributed by atoms with E-state index >= 15 is 0 Å². The first-order valence-electron chi connectivity index (χ1n) is 21.2. The fourth-order valence-electron chi connectivity index (χ4n) is 8.93. The number of carbonyl (C=O) groups excluding carboxylic acids is 5. The Balaban J connectivity index is 1.28. The molecule has 2 aromatic heterocycles. The average molecular weight is 849 g/mol. The maximum absolute atomic E-state index is 14.6. The largest absolute Gasteiger partial charge is 0.508 e. The number of phenols is 1. The highest BCUT2D eigenvalue weighted by Crippen LogP contribution is 2.40. The summed E-state index contributed by atoms with van der Waals surface area (Å²) < 4.78 is 8.26. The van der Waals surface area contributed by atoms with Crippen molar-refractivity contribution in [3.63, 3.8) is 0 Å². The zero-order chi connectivity index (χ0) is 44.5. The van der Waals surface area contributed by atoms with Gasteiger partial charge in [-0.1, -0.05) is 46.4 Å². The zero-order valence-electron chi connectivity index (χ0n) is 36.2. The van der Waals surface area contributed by atoms with Gasteiger partial charge in [0.25, 0.3) is 17.7 Å². The van der Waals surface area contributed by atoms with Crippen LogP contribution in [-0.4, -0.2) is 115 Å². The van der Waals surface area contributed by atoms with Gasteiger partial charge in [0.15, 0.2) is 6.10 Å². The fraction of sp³-hybridized carbons (Fsp3) is 0.457. The highest BCUT2D eigenvalue weighted by molar-refractivity contribution is 5.96. The number of cyclic esters (lactones) is 1. The number of benzene rings is 2. The third-order valence-corrected chi connectivity index (χ3v) is 11.9. The summed E-state index contributed by atoms with van der Waals surface area (Å²) in [6.45, 7) is 14.5. The lowest BCUT2D eigenvalue weighted by atomic mass is 9.84. The third-order valence-electron chi connectivity index (χ3n) is 11.9. The van der Waals surface area contributed by atoms with Crippen molar-refractivity contribution in [1.82, 2.24) is 40.2 Å². The number of rotatable bonds is 8. The van der Waals surface area contributed by atoms with Crippen LogP contribution < -0.4 is 10.7 Å². The molecule has 5 heterocycles. The molecule has 16 heteroatoms. The third kappa shape index (κ3) is 9.07. The SMILES string of the molecule is C=CC(=O)N1CC[C@H](C(=O)N(C)C(C(=O)N[C@H]2Cc3cc(O)cc(c3)-c3ccc4c(c3)c(c(-c3cncnc3)n4CC)CC(C)(C)COC(=O)[C@@H]3CCCN(N3)C2=O)C(C)C)O1. The molecule has 4 atom stereocenters. The normalized spacial score (nSPS) is 21.0. The van der Waals surface area contributed by atoms with Crippen LogP contribution in [-0.2, 0) is 52.9 Å². The number of fused-ring (bicyclic) bond motifs is 6. The number of phenolic OH excluding ortho intramolecular Hbond substituents is 1. The van der Waals surface area contributed by atoms with Crippen molar-refractivity contribution >= 4 is 40.5 Å². The standard InChI is InChI=1S/C46H56N8O8/c1-8-39(56)54-16-14-38(62-54)44(59)51(7)40(27(3)4)42(57)49-36-19-28-17-30(20-32(55)18-28)29-12-13-37-33(21-29)34(41(52(37)9-2)31-23-47-26-48-24-31)22-46(5,6)25-61-45(60)35-11-10-15-53(50-35)43(36)58/h8,12-13,17-18,20-21,23-24,26-27,35-36,38,40,50,55H,1,9-11,14-16,19,22,25H2,2-7H3,(H,49,57)/t35-,36-,38+,40?/m0/s1. The van der Waals surface area contributed by atoms with Gasteiger partial charge in [0.1, 0.15) is 30.2 Å². The molecule has 6 bridgehead atoms. The second-order valence-corrected chi connectivity index (χ2v) is 17.5. The van der Waals surface area contributed by atoms with E-state index in [0.717, 1.165) is 44.4 Å². The molecule has 3 aliphatic rings. The van der Waals surface area contributed by atoms with Crippen LogP contribution in [0.15, 0.2) is 67.8 Å². The van der Waals surface area contributed by atoms with Gasteiger partial charge in [-0.15, -0.1) is 0 Å². The minimum Gasteiger partial charge on any atom is -0.508 e. The average Bonchev–Trinajstić information content (AvgIpc) is 3.87. The molecular formula is C46H56N8O8. The van der Waals surface area contributed by atoms with Crippen molar-refractivity contribution in [2.45, 2.75) is 97.5 Å². The molecule has 0 spiro atoms. The van der Waals surface area contributed by atoms with Crippen molar-refractivity contribution < 1.29 is 38.7 Å². The molecule has 0 saturated carbocycles. The molecule has 62 heavy (non-hydrogen) atoms. The number of amides is 4. The summed E-state index contributed by atoms with van der Waals surface area (Å²) in [5.41, 5.74) is 8.52. The minimum absolute atomic E-state index is 0.0241. The Morgan fingerprint density at radius 3 is 2.53 bits per heavy atom. The molecule has 4 amide bonds. The van der Waals surface area contributed by atoms with Gasteiger partial charge in [-0.2, -0.15) is 0 Å². The van der Waals surface area contributed by atoms with E-state index < -0.39 is 65.2 Å². The number of hydroxylamine groups is 2. The summed E-state index contributed by atoms with van der Waals surface area (Å²) in [6.07, 6.45) is 6.89. The van der Waals surface area contributed by atoms with E-state index in [-0.39, 0.29) is 38.3 Å².